The zero-order valence-corrected chi connectivity index (χ0v) is 13.4. The molecule has 0 aliphatic heterocycles. The van der Waals surface area contributed by atoms with Crippen molar-refractivity contribution < 1.29 is 0 Å². The first-order valence-electron chi connectivity index (χ1n) is 6.93. The minimum Gasteiger partial charge on any atom is -0.366 e. The van der Waals surface area contributed by atoms with Gasteiger partial charge in [-0.05, 0) is 35.9 Å². The standard InChI is InChI=1S/C17H15BrN4/c18-14-6-8-15(9-7-14)21-17-19-11-10-16(22-17)20-12-13-4-2-1-3-5-13/h1-11H,12H2,(H2,19,20,21,22). The summed E-state index contributed by atoms with van der Waals surface area (Å²) in [6, 6.07) is 20.0. The van der Waals surface area contributed by atoms with Gasteiger partial charge in [0.2, 0.25) is 5.95 Å². The maximum atomic E-state index is 4.46. The molecule has 0 atom stereocenters. The summed E-state index contributed by atoms with van der Waals surface area (Å²) < 4.78 is 1.04. The number of rotatable bonds is 5. The van der Waals surface area contributed by atoms with Crippen LogP contribution < -0.4 is 10.6 Å². The van der Waals surface area contributed by atoms with Gasteiger partial charge in [-0.2, -0.15) is 4.98 Å². The Morgan fingerprint density at radius 2 is 1.68 bits per heavy atom. The Morgan fingerprint density at radius 1 is 0.909 bits per heavy atom. The molecule has 110 valence electrons. The van der Waals surface area contributed by atoms with E-state index in [9.17, 15) is 0 Å². The lowest BCUT2D eigenvalue weighted by atomic mass is 10.2. The SMILES string of the molecule is Brc1ccc(Nc2nccc(NCc3ccccc3)n2)cc1. The van der Waals surface area contributed by atoms with Crippen molar-refractivity contribution >= 4 is 33.4 Å². The molecule has 2 N–H and O–H groups in total. The number of hydrogen-bond donors (Lipinski definition) is 2. The second-order valence-electron chi connectivity index (χ2n) is 4.74. The van der Waals surface area contributed by atoms with Gasteiger partial charge >= 0.3 is 0 Å². The smallest absolute Gasteiger partial charge is 0.229 e. The van der Waals surface area contributed by atoms with Crippen molar-refractivity contribution in [3.8, 4) is 0 Å². The van der Waals surface area contributed by atoms with Crippen molar-refractivity contribution in [1.82, 2.24) is 9.97 Å². The van der Waals surface area contributed by atoms with E-state index in [4.69, 9.17) is 0 Å². The van der Waals surface area contributed by atoms with Crippen molar-refractivity contribution in [2.45, 2.75) is 6.54 Å². The van der Waals surface area contributed by atoms with Crippen LogP contribution >= 0.6 is 15.9 Å². The van der Waals surface area contributed by atoms with Crippen molar-refractivity contribution in [2.75, 3.05) is 10.6 Å². The molecule has 3 rings (SSSR count). The van der Waals surface area contributed by atoms with Gasteiger partial charge in [0.05, 0.1) is 0 Å². The molecule has 0 bridgehead atoms. The van der Waals surface area contributed by atoms with Crippen LogP contribution in [0.1, 0.15) is 5.56 Å². The number of benzene rings is 2. The second kappa shape index (κ2) is 7.04. The van der Waals surface area contributed by atoms with Gasteiger partial charge in [-0.25, -0.2) is 4.98 Å². The third-order valence-corrected chi connectivity index (χ3v) is 3.60. The molecule has 0 saturated carbocycles. The van der Waals surface area contributed by atoms with Crippen LogP contribution in [0.2, 0.25) is 0 Å². The highest BCUT2D eigenvalue weighted by Gasteiger charge is 2.00. The lowest BCUT2D eigenvalue weighted by Crippen LogP contribution is -2.04. The van der Waals surface area contributed by atoms with Gasteiger partial charge in [0, 0.05) is 22.9 Å². The molecule has 0 unspecified atom stereocenters. The molecule has 0 aliphatic rings. The van der Waals surface area contributed by atoms with Crippen LogP contribution in [0.25, 0.3) is 0 Å². The molecular weight excluding hydrogens is 340 g/mol. The number of anilines is 3. The molecule has 3 aromatic rings. The van der Waals surface area contributed by atoms with Gasteiger partial charge in [0.1, 0.15) is 5.82 Å². The largest absolute Gasteiger partial charge is 0.366 e. The first-order valence-corrected chi connectivity index (χ1v) is 7.72. The molecule has 0 saturated heterocycles. The molecule has 0 radical (unpaired) electrons. The van der Waals surface area contributed by atoms with E-state index >= 15 is 0 Å². The third-order valence-electron chi connectivity index (χ3n) is 3.07. The normalized spacial score (nSPS) is 10.2. The Kier molecular flexibility index (Phi) is 4.65. The molecule has 4 nitrogen and oxygen atoms in total. The Hall–Kier alpha value is -2.40. The van der Waals surface area contributed by atoms with Gasteiger partial charge in [-0.15, -0.1) is 0 Å². The molecular formula is C17H15BrN4. The van der Waals surface area contributed by atoms with Crippen molar-refractivity contribution in [1.29, 1.82) is 0 Å². The number of hydrogen-bond acceptors (Lipinski definition) is 4. The van der Waals surface area contributed by atoms with Crippen molar-refractivity contribution in [3.63, 3.8) is 0 Å². The summed E-state index contributed by atoms with van der Waals surface area (Å²) >= 11 is 3.42. The molecule has 1 heterocycles. The van der Waals surface area contributed by atoms with E-state index in [0.717, 1.165) is 22.5 Å². The maximum absolute atomic E-state index is 4.46. The number of nitrogens with one attached hydrogen (secondary N) is 2. The summed E-state index contributed by atoms with van der Waals surface area (Å²) in [6.45, 7) is 0.732. The Morgan fingerprint density at radius 3 is 2.45 bits per heavy atom. The summed E-state index contributed by atoms with van der Waals surface area (Å²) in [5.41, 5.74) is 2.16. The lowest BCUT2D eigenvalue weighted by Gasteiger charge is -2.08. The fraction of sp³-hybridized carbons (Fsp3) is 0.0588. The number of nitrogens with zero attached hydrogens (tertiary/aromatic N) is 2. The van der Waals surface area contributed by atoms with Crippen LogP contribution in [0.15, 0.2) is 71.3 Å². The van der Waals surface area contributed by atoms with Crippen molar-refractivity contribution in [2.24, 2.45) is 0 Å². The van der Waals surface area contributed by atoms with Gasteiger partial charge in [0.15, 0.2) is 0 Å². The van der Waals surface area contributed by atoms with Gasteiger partial charge in [-0.1, -0.05) is 46.3 Å². The Bertz CT molecular complexity index is 729. The minimum absolute atomic E-state index is 0.570. The van der Waals surface area contributed by atoms with E-state index in [2.05, 4.69) is 48.7 Å². The van der Waals surface area contributed by atoms with Crippen LogP contribution in [-0.4, -0.2) is 9.97 Å². The van der Waals surface area contributed by atoms with Crippen LogP contribution in [-0.2, 0) is 6.54 Å². The summed E-state index contributed by atoms with van der Waals surface area (Å²) in [6.07, 6.45) is 1.74. The monoisotopic (exact) mass is 354 g/mol. The van der Waals surface area contributed by atoms with Gasteiger partial charge < -0.3 is 10.6 Å². The molecule has 22 heavy (non-hydrogen) atoms. The topological polar surface area (TPSA) is 49.8 Å². The Balaban J connectivity index is 1.66. The fourth-order valence-electron chi connectivity index (χ4n) is 1.97. The van der Waals surface area contributed by atoms with E-state index < -0.39 is 0 Å². The van der Waals surface area contributed by atoms with E-state index in [1.54, 1.807) is 6.20 Å². The fourth-order valence-corrected chi connectivity index (χ4v) is 2.23. The molecule has 0 amide bonds. The highest BCUT2D eigenvalue weighted by atomic mass is 79.9. The minimum atomic E-state index is 0.570. The molecule has 0 fully saturated rings. The van der Waals surface area contributed by atoms with Crippen LogP contribution in [0.4, 0.5) is 17.5 Å². The molecule has 0 aliphatic carbocycles. The highest BCUT2D eigenvalue weighted by Crippen LogP contribution is 2.17. The molecule has 0 spiro atoms. The molecule has 5 heteroatoms. The first-order chi connectivity index (χ1) is 10.8. The summed E-state index contributed by atoms with van der Waals surface area (Å²) in [4.78, 5) is 8.70. The van der Waals surface area contributed by atoms with Crippen LogP contribution in [0, 0.1) is 0 Å². The predicted octanol–water partition coefficient (Wildman–Crippen LogP) is 4.59. The van der Waals surface area contributed by atoms with Gasteiger partial charge in [0.25, 0.3) is 0 Å². The zero-order valence-electron chi connectivity index (χ0n) is 11.8. The average Bonchev–Trinajstić information content (AvgIpc) is 2.57. The predicted molar refractivity (Wildman–Crippen MR) is 93.2 cm³/mol. The second-order valence-corrected chi connectivity index (χ2v) is 5.65. The summed E-state index contributed by atoms with van der Waals surface area (Å²) in [5, 5.41) is 6.48. The first kappa shape index (κ1) is 14.5. The van der Waals surface area contributed by atoms with Crippen LogP contribution in [0.5, 0.6) is 0 Å². The van der Waals surface area contributed by atoms with Crippen molar-refractivity contribution in [3.05, 3.63) is 76.9 Å². The summed E-state index contributed by atoms with van der Waals surface area (Å²) in [7, 11) is 0. The number of halogens is 1. The third kappa shape index (κ3) is 4.05. The molecule has 2 aromatic carbocycles. The average molecular weight is 355 g/mol. The number of aromatic nitrogens is 2. The van der Waals surface area contributed by atoms with E-state index in [-0.39, 0.29) is 0 Å². The van der Waals surface area contributed by atoms with Gasteiger partial charge in [-0.3, -0.25) is 0 Å². The Labute approximate surface area is 137 Å². The van der Waals surface area contributed by atoms with E-state index in [1.165, 1.54) is 5.56 Å². The summed E-state index contributed by atoms with van der Waals surface area (Å²) in [5.74, 6) is 1.36. The highest BCUT2D eigenvalue weighted by molar-refractivity contribution is 9.10. The quantitative estimate of drug-likeness (QED) is 0.703. The van der Waals surface area contributed by atoms with E-state index in [0.29, 0.717) is 5.95 Å². The zero-order chi connectivity index (χ0) is 15.2. The lowest BCUT2D eigenvalue weighted by molar-refractivity contribution is 1.08. The maximum Gasteiger partial charge on any atom is 0.229 e. The van der Waals surface area contributed by atoms with Crippen LogP contribution in [0.3, 0.4) is 0 Å². The van der Waals surface area contributed by atoms with E-state index in [1.807, 2.05) is 48.5 Å². The molecule has 1 aromatic heterocycles.